The normalized spacial score (nSPS) is 17.5. The fourth-order valence-corrected chi connectivity index (χ4v) is 6.09. The third-order valence-corrected chi connectivity index (χ3v) is 8.00. The standard InChI is InChI=1S/C28H23FN4O2S/c29-21-5-9-23(10-6-21)32-17-26(19-2-7-24(8-3-19)33-14-1-13-30-33)25-11-4-20(16-27(25)32)28(34)31-22-12-15-36(35)18-22/h1-11,13-14,16-17,22H,12,15,18H2,(H,31,34). The molecule has 2 atom stereocenters. The number of carbonyl (C=O) groups excluding carboxylic acids is 1. The number of amides is 1. The Kier molecular flexibility index (Phi) is 5.73. The number of aromatic nitrogens is 3. The number of halogens is 1. The molecule has 2 unspecified atom stereocenters. The van der Waals surface area contributed by atoms with Crippen molar-refractivity contribution in [2.75, 3.05) is 11.5 Å². The molecule has 180 valence electrons. The molecule has 0 bridgehead atoms. The zero-order chi connectivity index (χ0) is 24.6. The number of benzene rings is 3. The molecule has 1 fully saturated rings. The van der Waals surface area contributed by atoms with Crippen LogP contribution in [0.3, 0.4) is 0 Å². The molecule has 1 amide bonds. The summed E-state index contributed by atoms with van der Waals surface area (Å²) in [6.45, 7) is 0. The summed E-state index contributed by atoms with van der Waals surface area (Å²) in [6.07, 6.45) is 6.38. The molecular weight excluding hydrogens is 475 g/mol. The summed E-state index contributed by atoms with van der Waals surface area (Å²) < 4.78 is 29.1. The minimum atomic E-state index is -0.863. The maximum Gasteiger partial charge on any atom is 0.251 e. The van der Waals surface area contributed by atoms with Gasteiger partial charge in [0.2, 0.25) is 0 Å². The zero-order valence-corrected chi connectivity index (χ0v) is 20.1. The van der Waals surface area contributed by atoms with Crippen molar-refractivity contribution in [2.45, 2.75) is 12.5 Å². The van der Waals surface area contributed by atoms with Gasteiger partial charge in [-0.1, -0.05) is 18.2 Å². The first kappa shape index (κ1) is 22.4. The fourth-order valence-electron chi connectivity index (χ4n) is 4.68. The van der Waals surface area contributed by atoms with Crippen molar-refractivity contribution in [3.05, 3.63) is 103 Å². The van der Waals surface area contributed by atoms with Gasteiger partial charge in [-0.15, -0.1) is 0 Å². The molecule has 8 heteroatoms. The van der Waals surface area contributed by atoms with Crippen LogP contribution in [-0.4, -0.2) is 42.0 Å². The Labute approximate surface area is 209 Å². The minimum Gasteiger partial charge on any atom is -0.348 e. The highest BCUT2D eigenvalue weighted by atomic mass is 32.2. The summed E-state index contributed by atoms with van der Waals surface area (Å²) in [5.74, 6) is 0.634. The predicted molar refractivity (Wildman–Crippen MR) is 140 cm³/mol. The number of fused-ring (bicyclic) bond motifs is 1. The van der Waals surface area contributed by atoms with E-state index < -0.39 is 10.8 Å². The van der Waals surface area contributed by atoms with Gasteiger partial charge >= 0.3 is 0 Å². The first-order chi connectivity index (χ1) is 17.5. The third kappa shape index (κ3) is 4.24. The zero-order valence-electron chi connectivity index (χ0n) is 19.3. The molecule has 0 spiro atoms. The molecule has 6 rings (SSSR count). The average Bonchev–Trinajstić information content (AvgIpc) is 3.65. The van der Waals surface area contributed by atoms with Gasteiger partial charge in [-0.2, -0.15) is 5.10 Å². The molecule has 0 radical (unpaired) electrons. The van der Waals surface area contributed by atoms with E-state index in [0.29, 0.717) is 17.1 Å². The van der Waals surface area contributed by atoms with Crippen molar-refractivity contribution in [3.63, 3.8) is 0 Å². The summed E-state index contributed by atoms with van der Waals surface area (Å²) in [6, 6.07) is 21.9. The number of hydrogen-bond donors (Lipinski definition) is 1. The topological polar surface area (TPSA) is 68.9 Å². The number of carbonyl (C=O) groups is 1. The molecule has 36 heavy (non-hydrogen) atoms. The van der Waals surface area contributed by atoms with Crippen LogP contribution in [0, 0.1) is 5.82 Å². The van der Waals surface area contributed by atoms with E-state index in [9.17, 15) is 13.4 Å². The van der Waals surface area contributed by atoms with E-state index in [0.717, 1.165) is 39.8 Å². The van der Waals surface area contributed by atoms with Crippen LogP contribution >= 0.6 is 0 Å². The highest BCUT2D eigenvalue weighted by molar-refractivity contribution is 7.85. The van der Waals surface area contributed by atoms with Crippen molar-refractivity contribution < 1.29 is 13.4 Å². The summed E-state index contributed by atoms with van der Waals surface area (Å²) >= 11 is 0. The van der Waals surface area contributed by atoms with Crippen molar-refractivity contribution in [3.8, 4) is 22.5 Å². The lowest BCUT2D eigenvalue weighted by atomic mass is 10.0. The van der Waals surface area contributed by atoms with Crippen LogP contribution in [0.2, 0.25) is 0 Å². The SMILES string of the molecule is O=C(NC1CCS(=O)C1)c1ccc2c(-c3ccc(-n4cccn4)cc3)cn(-c3ccc(F)cc3)c2c1. The Balaban J connectivity index is 1.42. The van der Waals surface area contributed by atoms with E-state index in [1.54, 1.807) is 23.0 Å². The van der Waals surface area contributed by atoms with Gasteiger partial charge in [0.15, 0.2) is 0 Å². The van der Waals surface area contributed by atoms with E-state index in [-0.39, 0.29) is 17.8 Å². The second-order valence-electron chi connectivity index (χ2n) is 8.89. The number of rotatable bonds is 5. The Bertz CT molecular complexity index is 1570. The van der Waals surface area contributed by atoms with Gasteiger partial charge in [-0.25, -0.2) is 9.07 Å². The Morgan fingerprint density at radius 1 is 1.03 bits per heavy atom. The molecule has 1 aliphatic rings. The van der Waals surface area contributed by atoms with E-state index in [2.05, 4.69) is 10.4 Å². The van der Waals surface area contributed by atoms with Crippen molar-refractivity contribution in [1.29, 1.82) is 0 Å². The highest BCUT2D eigenvalue weighted by Crippen LogP contribution is 2.34. The second-order valence-corrected chi connectivity index (χ2v) is 10.5. The Morgan fingerprint density at radius 3 is 2.50 bits per heavy atom. The molecule has 6 nitrogen and oxygen atoms in total. The summed E-state index contributed by atoms with van der Waals surface area (Å²) in [7, 11) is -0.863. The lowest BCUT2D eigenvalue weighted by Crippen LogP contribution is -2.35. The molecule has 1 saturated heterocycles. The largest absolute Gasteiger partial charge is 0.348 e. The van der Waals surface area contributed by atoms with Crippen LogP contribution in [0.15, 0.2) is 91.4 Å². The smallest absolute Gasteiger partial charge is 0.251 e. The first-order valence-corrected chi connectivity index (χ1v) is 13.2. The van der Waals surface area contributed by atoms with Crippen molar-refractivity contribution in [2.24, 2.45) is 0 Å². The maximum absolute atomic E-state index is 13.6. The maximum atomic E-state index is 13.6. The van der Waals surface area contributed by atoms with Gasteiger partial charge in [-0.3, -0.25) is 9.00 Å². The molecule has 0 aliphatic carbocycles. The van der Waals surface area contributed by atoms with E-state index in [1.807, 2.05) is 65.5 Å². The molecular formula is C28H23FN4O2S. The Hall–Kier alpha value is -4.04. The second kappa shape index (κ2) is 9.20. The van der Waals surface area contributed by atoms with Crippen LogP contribution in [0.5, 0.6) is 0 Å². The van der Waals surface area contributed by atoms with Crippen LogP contribution in [0.25, 0.3) is 33.4 Å². The number of nitrogens with zero attached hydrogens (tertiary/aromatic N) is 3. The molecule has 3 aromatic carbocycles. The first-order valence-electron chi connectivity index (χ1n) is 11.7. The van der Waals surface area contributed by atoms with Crippen LogP contribution in [-0.2, 0) is 10.8 Å². The van der Waals surface area contributed by atoms with Gasteiger partial charge in [-0.05, 0) is 66.6 Å². The van der Waals surface area contributed by atoms with Gasteiger partial charge < -0.3 is 9.88 Å². The minimum absolute atomic E-state index is 0.0678. The molecule has 1 aliphatic heterocycles. The Morgan fingerprint density at radius 2 is 1.81 bits per heavy atom. The average molecular weight is 499 g/mol. The van der Waals surface area contributed by atoms with E-state index in [1.165, 1.54) is 12.1 Å². The highest BCUT2D eigenvalue weighted by Gasteiger charge is 2.23. The number of nitrogens with one attached hydrogen (secondary N) is 1. The van der Waals surface area contributed by atoms with Crippen molar-refractivity contribution >= 4 is 27.6 Å². The predicted octanol–water partition coefficient (Wildman–Crippen LogP) is 4.87. The van der Waals surface area contributed by atoms with E-state index >= 15 is 0 Å². The van der Waals surface area contributed by atoms with Crippen LogP contribution in [0.1, 0.15) is 16.8 Å². The quantitative estimate of drug-likeness (QED) is 0.376. The monoisotopic (exact) mass is 498 g/mol. The van der Waals surface area contributed by atoms with Gasteiger partial charge in [0.05, 0.1) is 11.2 Å². The molecule has 1 N–H and O–H groups in total. The molecule has 3 heterocycles. The summed E-state index contributed by atoms with van der Waals surface area (Å²) in [5, 5.41) is 8.28. The third-order valence-electron chi connectivity index (χ3n) is 6.54. The lowest BCUT2D eigenvalue weighted by Gasteiger charge is -2.12. The molecule has 2 aromatic heterocycles. The van der Waals surface area contributed by atoms with Crippen LogP contribution in [0.4, 0.5) is 4.39 Å². The van der Waals surface area contributed by atoms with Gasteiger partial charge in [0.1, 0.15) is 5.82 Å². The number of hydrogen-bond acceptors (Lipinski definition) is 3. The van der Waals surface area contributed by atoms with Gasteiger partial charge in [0, 0.05) is 69.1 Å². The fraction of sp³-hybridized carbons (Fsp3) is 0.143. The van der Waals surface area contributed by atoms with E-state index in [4.69, 9.17) is 0 Å². The van der Waals surface area contributed by atoms with Crippen LogP contribution < -0.4 is 5.32 Å². The van der Waals surface area contributed by atoms with Gasteiger partial charge in [0.25, 0.3) is 5.91 Å². The summed E-state index contributed by atoms with van der Waals surface area (Å²) in [4.78, 5) is 13.0. The molecule has 5 aromatic rings. The molecule has 0 saturated carbocycles. The van der Waals surface area contributed by atoms with Crippen molar-refractivity contribution in [1.82, 2.24) is 19.7 Å². The summed E-state index contributed by atoms with van der Waals surface area (Å²) in [5.41, 5.74) is 5.14. The lowest BCUT2D eigenvalue weighted by molar-refractivity contribution is 0.0941.